The molecule has 1 N–H and O–H groups in total. The first-order chi connectivity index (χ1) is 18.5. The lowest BCUT2D eigenvalue weighted by molar-refractivity contribution is -0.140. The summed E-state index contributed by atoms with van der Waals surface area (Å²) in [5.74, 6) is -0.315. The molecule has 194 valence electrons. The normalized spacial score (nSPS) is 11.5. The van der Waals surface area contributed by atoms with E-state index < -0.39 is 6.04 Å². The molecule has 4 aromatic carbocycles. The van der Waals surface area contributed by atoms with E-state index in [9.17, 15) is 9.59 Å². The summed E-state index contributed by atoms with van der Waals surface area (Å²) in [5, 5.41) is 4.31. The Morgan fingerprint density at radius 2 is 1.18 bits per heavy atom. The minimum absolute atomic E-state index is 0.138. The molecule has 0 heterocycles. The van der Waals surface area contributed by atoms with E-state index in [1.807, 2.05) is 84.9 Å². The molecule has 1 atom stereocenters. The highest BCUT2D eigenvalue weighted by molar-refractivity contribution is 6.30. The molecule has 0 saturated carbocycles. The van der Waals surface area contributed by atoms with Gasteiger partial charge in [0.1, 0.15) is 6.04 Å². The van der Waals surface area contributed by atoms with E-state index >= 15 is 0 Å². The molecular formula is C32H30Cl2N2O2. The zero-order valence-corrected chi connectivity index (χ0v) is 22.5. The first-order valence-electron chi connectivity index (χ1n) is 12.6. The second-order valence-electron chi connectivity index (χ2n) is 9.18. The van der Waals surface area contributed by atoms with E-state index in [2.05, 4.69) is 5.32 Å². The van der Waals surface area contributed by atoms with Gasteiger partial charge in [-0.3, -0.25) is 9.59 Å². The monoisotopic (exact) mass is 544 g/mol. The van der Waals surface area contributed by atoms with Crippen LogP contribution in [-0.4, -0.2) is 29.3 Å². The van der Waals surface area contributed by atoms with Gasteiger partial charge in [0.15, 0.2) is 0 Å². The Morgan fingerprint density at radius 1 is 0.658 bits per heavy atom. The van der Waals surface area contributed by atoms with Crippen molar-refractivity contribution in [3.05, 3.63) is 141 Å². The van der Waals surface area contributed by atoms with Gasteiger partial charge in [0, 0.05) is 29.6 Å². The average molecular weight is 546 g/mol. The van der Waals surface area contributed by atoms with E-state index in [1.165, 1.54) is 0 Å². The second-order valence-corrected chi connectivity index (χ2v) is 10.1. The summed E-state index contributed by atoms with van der Waals surface area (Å²) < 4.78 is 0. The number of amides is 2. The average Bonchev–Trinajstić information content (AvgIpc) is 2.94. The van der Waals surface area contributed by atoms with Gasteiger partial charge in [0.2, 0.25) is 11.8 Å². The molecule has 0 aliphatic heterocycles. The van der Waals surface area contributed by atoms with E-state index in [1.54, 1.807) is 29.2 Å². The molecule has 0 spiro atoms. The largest absolute Gasteiger partial charge is 0.354 e. The van der Waals surface area contributed by atoms with Crippen molar-refractivity contribution >= 4 is 35.0 Å². The molecule has 6 heteroatoms. The Bertz CT molecular complexity index is 1310. The number of nitrogens with one attached hydrogen (secondary N) is 1. The highest BCUT2D eigenvalue weighted by Crippen LogP contribution is 2.19. The van der Waals surface area contributed by atoms with Gasteiger partial charge in [-0.2, -0.15) is 0 Å². The van der Waals surface area contributed by atoms with Crippen LogP contribution in [0.4, 0.5) is 0 Å². The molecule has 0 saturated heterocycles. The van der Waals surface area contributed by atoms with Crippen LogP contribution in [0.25, 0.3) is 0 Å². The molecule has 4 nitrogen and oxygen atoms in total. The highest BCUT2D eigenvalue weighted by Gasteiger charge is 2.30. The molecule has 0 aliphatic rings. The van der Waals surface area contributed by atoms with Gasteiger partial charge in [0.05, 0.1) is 6.42 Å². The number of nitrogens with zero attached hydrogens (tertiary/aromatic N) is 1. The molecule has 0 unspecified atom stereocenters. The predicted octanol–water partition coefficient (Wildman–Crippen LogP) is 6.53. The Hall–Kier alpha value is -3.60. The van der Waals surface area contributed by atoms with Crippen LogP contribution in [0.5, 0.6) is 0 Å². The lowest BCUT2D eigenvalue weighted by atomic mass is 10.0. The molecule has 2 amide bonds. The zero-order valence-electron chi connectivity index (χ0n) is 21.0. The summed E-state index contributed by atoms with van der Waals surface area (Å²) >= 11 is 12.2. The number of rotatable bonds is 11. The molecule has 38 heavy (non-hydrogen) atoms. The maximum Gasteiger partial charge on any atom is 0.243 e. The van der Waals surface area contributed by atoms with Crippen molar-refractivity contribution < 1.29 is 9.59 Å². The van der Waals surface area contributed by atoms with Crippen molar-refractivity contribution in [2.45, 2.75) is 31.8 Å². The third-order valence-electron chi connectivity index (χ3n) is 6.36. The van der Waals surface area contributed by atoms with E-state index in [0.717, 1.165) is 22.3 Å². The van der Waals surface area contributed by atoms with E-state index in [-0.39, 0.29) is 24.8 Å². The van der Waals surface area contributed by atoms with Crippen LogP contribution in [0.2, 0.25) is 10.0 Å². The van der Waals surface area contributed by atoms with Crippen molar-refractivity contribution in [3.63, 3.8) is 0 Å². The number of hydrogen-bond acceptors (Lipinski definition) is 2. The van der Waals surface area contributed by atoms with Crippen LogP contribution in [0, 0.1) is 0 Å². The van der Waals surface area contributed by atoms with Crippen LogP contribution in [-0.2, 0) is 35.4 Å². The van der Waals surface area contributed by atoms with E-state index in [0.29, 0.717) is 29.4 Å². The Balaban J connectivity index is 1.60. The summed E-state index contributed by atoms with van der Waals surface area (Å²) in [7, 11) is 0. The van der Waals surface area contributed by atoms with Gasteiger partial charge in [-0.25, -0.2) is 0 Å². The van der Waals surface area contributed by atoms with Gasteiger partial charge in [-0.15, -0.1) is 0 Å². The minimum atomic E-state index is -0.691. The lowest BCUT2D eigenvalue weighted by Crippen LogP contribution is -2.51. The number of carbonyl (C=O) groups is 2. The van der Waals surface area contributed by atoms with Gasteiger partial charge < -0.3 is 10.2 Å². The summed E-state index contributed by atoms with van der Waals surface area (Å²) in [5.41, 5.74) is 3.86. The Morgan fingerprint density at radius 3 is 1.76 bits per heavy atom. The topological polar surface area (TPSA) is 49.4 Å². The van der Waals surface area contributed by atoms with Crippen molar-refractivity contribution in [2.24, 2.45) is 0 Å². The fourth-order valence-corrected chi connectivity index (χ4v) is 4.56. The minimum Gasteiger partial charge on any atom is -0.354 e. The molecule has 0 aromatic heterocycles. The smallest absolute Gasteiger partial charge is 0.243 e. The van der Waals surface area contributed by atoms with Crippen molar-refractivity contribution in [1.82, 2.24) is 10.2 Å². The lowest BCUT2D eigenvalue weighted by Gasteiger charge is -2.32. The molecule has 4 rings (SSSR count). The molecule has 0 fully saturated rings. The first kappa shape index (κ1) is 27.4. The number of carbonyl (C=O) groups excluding carboxylic acids is 2. The summed E-state index contributed by atoms with van der Waals surface area (Å²) in [6, 6.07) is 33.7. The first-order valence-corrected chi connectivity index (χ1v) is 13.4. The van der Waals surface area contributed by atoms with Crippen molar-refractivity contribution in [3.8, 4) is 0 Å². The maximum absolute atomic E-state index is 13.8. The van der Waals surface area contributed by atoms with Gasteiger partial charge >= 0.3 is 0 Å². The number of benzene rings is 4. The molecule has 0 bridgehead atoms. The Kier molecular flexibility index (Phi) is 9.97. The van der Waals surface area contributed by atoms with Crippen LogP contribution >= 0.6 is 23.2 Å². The molecular weight excluding hydrogens is 515 g/mol. The highest BCUT2D eigenvalue weighted by atomic mass is 35.5. The van der Waals surface area contributed by atoms with Gasteiger partial charge in [-0.1, -0.05) is 108 Å². The van der Waals surface area contributed by atoms with Gasteiger partial charge in [0.25, 0.3) is 0 Å². The summed E-state index contributed by atoms with van der Waals surface area (Å²) in [4.78, 5) is 29.2. The maximum atomic E-state index is 13.8. The van der Waals surface area contributed by atoms with Crippen LogP contribution < -0.4 is 5.32 Å². The van der Waals surface area contributed by atoms with Crippen LogP contribution in [0.1, 0.15) is 22.3 Å². The van der Waals surface area contributed by atoms with Crippen molar-refractivity contribution in [1.29, 1.82) is 0 Å². The number of halogens is 2. The second kappa shape index (κ2) is 13.8. The SMILES string of the molecule is O=C(NCCc1ccccc1)[C@@H](Cc1ccccc1)N(Cc1ccc(Cl)cc1)C(=O)Cc1ccc(Cl)cc1. The molecule has 4 aromatic rings. The fourth-order valence-electron chi connectivity index (χ4n) is 4.31. The number of hydrogen-bond donors (Lipinski definition) is 1. The zero-order chi connectivity index (χ0) is 26.7. The fraction of sp³-hybridized carbons (Fsp3) is 0.188. The van der Waals surface area contributed by atoms with Crippen LogP contribution in [0.15, 0.2) is 109 Å². The standard InChI is InChI=1S/C32H30Cl2N2O2/c33-28-15-11-26(12-16-28)22-31(37)36(23-27-13-17-29(34)18-14-27)30(21-25-9-5-2-6-10-25)32(38)35-20-19-24-7-3-1-4-8-24/h1-18,30H,19-23H2,(H,35,38)/t30-/m1/s1. The predicted molar refractivity (Wildman–Crippen MR) is 154 cm³/mol. The molecule has 0 aliphatic carbocycles. The summed E-state index contributed by atoms with van der Waals surface area (Å²) in [6.45, 7) is 0.765. The third-order valence-corrected chi connectivity index (χ3v) is 6.87. The molecule has 0 radical (unpaired) electrons. The van der Waals surface area contributed by atoms with Gasteiger partial charge in [-0.05, 0) is 52.9 Å². The summed E-state index contributed by atoms with van der Waals surface area (Å²) in [6.07, 6.45) is 1.27. The van der Waals surface area contributed by atoms with Crippen LogP contribution in [0.3, 0.4) is 0 Å². The third kappa shape index (κ3) is 8.20. The van der Waals surface area contributed by atoms with E-state index in [4.69, 9.17) is 23.2 Å². The Labute approximate surface area is 234 Å². The quantitative estimate of drug-likeness (QED) is 0.233. The van der Waals surface area contributed by atoms with Crippen molar-refractivity contribution in [2.75, 3.05) is 6.54 Å².